The number of carbonyl (C=O) groups is 1. The molecule has 1 saturated heterocycles. The van der Waals surface area contributed by atoms with E-state index in [9.17, 15) is 13.2 Å². The van der Waals surface area contributed by atoms with Crippen molar-refractivity contribution in [1.82, 2.24) is 19.5 Å². The van der Waals surface area contributed by atoms with Crippen LogP contribution in [-0.2, 0) is 15.0 Å². The molecule has 4 N–H and O–H groups in total. The quantitative estimate of drug-likeness (QED) is 0.191. The van der Waals surface area contributed by atoms with Gasteiger partial charge in [0.2, 0.25) is 0 Å². The van der Waals surface area contributed by atoms with E-state index >= 15 is 0 Å². The standard InChI is InChI=1S/C30H51N7O4S/c1-6-10-11-12-13-14-24(7-2)22-37-28(23(5)31)30(38)32-29(33-37)26-21-25(15-16-27(26)41-9-4)34-42(39,40)36-19-17-35(8-3)18-20-36/h15-16,21,24,34H,6-14,17-20,22,31H2,1-5H3,(H,32,33,38)/b28-23-. The first-order chi connectivity index (χ1) is 20.1. The number of nitrogens with two attached hydrogens (primary N) is 1. The molecule has 0 saturated carbocycles. The fourth-order valence-electron chi connectivity index (χ4n) is 5.38. The van der Waals surface area contributed by atoms with Gasteiger partial charge in [-0.05, 0) is 50.9 Å². The Morgan fingerprint density at radius 3 is 2.43 bits per heavy atom. The van der Waals surface area contributed by atoms with E-state index in [4.69, 9.17) is 15.6 Å². The Labute approximate surface area is 252 Å². The lowest BCUT2D eigenvalue weighted by molar-refractivity contribution is -0.118. The molecule has 1 amide bonds. The number of anilines is 1. The molecule has 0 aromatic heterocycles. The van der Waals surface area contributed by atoms with Crippen molar-refractivity contribution in [1.29, 1.82) is 0 Å². The number of nitrogens with zero attached hydrogens (tertiary/aromatic N) is 4. The smallest absolute Gasteiger partial charge is 0.301 e. The molecular formula is C30H51N7O4S. The highest BCUT2D eigenvalue weighted by molar-refractivity contribution is 7.90. The number of amidine groups is 1. The Kier molecular flexibility index (Phi) is 12.9. The number of hydrazone groups is 1. The van der Waals surface area contributed by atoms with Crippen LogP contribution < -0.4 is 20.5 Å². The summed E-state index contributed by atoms with van der Waals surface area (Å²) in [6, 6.07) is 5.03. The number of allylic oxidation sites excluding steroid dienone is 1. The van der Waals surface area contributed by atoms with Crippen LogP contribution in [-0.4, -0.2) is 80.3 Å². The highest BCUT2D eigenvalue weighted by Gasteiger charge is 2.31. The van der Waals surface area contributed by atoms with Crippen LogP contribution in [0.4, 0.5) is 5.69 Å². The maximum atomic E-state index is 13.3. The molecule has 2 aliphatic rings. The van der Waals surface area contributed by atoms with Gasteiger partial charge in [0.1, 0.15) is 11.4 Å². The van der Waals surface area contributed by atoms with E-state index in [1.165, 1.54) is 30.0 Å². The fourth-order valence-corrected chi connectivity index (χ4v) is 6.58. The summed E-state index contributed by atoms with van der Waals surface area (Å²) >= 11 is 0. The fraction of sp³-hybridized carbons (Fsp3) is 0.667. The van der Waals surface area contributed by atoms with Gasteiger partial charge < -0.3 is 20.7 Å². The number of hydrogen-bond acceptors (Lipinski definition) is 8. The van der Waals surface area contributed by atoms with Crippen molar-refractivity contribution in [3.63, 3.8) is 0 Å². The summed E-state index contributed by atoms with van der Waals surface area (Å²) in [5, 5.41) is 9.43. The van der Waals surface area contributed by atoms with Crippen LogP contribution in [0.2, 0.25) is 0 Å². The number of benzene rings is 1. The third-order valence-corrected chi connectivity index (χ3v) is 9.46. The molecule has 2 aliphatic heterocycles. The van der Waals surface area contributed by atoms with E-state index in [2.05, 4.69) is 35.7 Å². The average Bonchev–Trinajstić information content (AvgIpc) is 2.96. The molecule has 0 bridgehead atoms. The third kappa shape index (κ3) is 9.08. The molecule has 3 rings (SSSR count). The van der Waals surface area contributed by atoms with Gasteiger partial charge in [0.25, 0.3) is 5.91 Å². The van der Waals surface area contributed by atoms with E-state index in [-0.39, 0.29) is 5.91 Å². The normalized spacial score (nSPS) is 18.8. The number of nitrogens with one attached hydrogen (secondary N) is 2. The van der Waals surface area contributed by atoms with Crippen LogP contribution in [0, 0.1) is 5.92 Å². The van der Waals surface area contributed by atoms with E-state index < -0.39 is 10.2 Å². The van der Waals surface area contributed by atoms with Crippen molar-refractivity contribution >= 4 is 27.6 Å². The Hall–Kier alpha value is -2.83. The molecule has 236 valence electrons. The summed E-state index contributed by atoms with van der Waals surface area (Å²) < 4.78 is 36.5. The molecule has 12 heteroatoms. The summed E-state index contributed by atoms with van der Waals surface area (Å²) in [7, 11) is -3.76. The number of likely N-dealkylation sites (N-methyl/N-ethyl adjacent to an activating group) is 1. The van der Waals surface area contributed by atoms with Gasteiger partial charge in [0.05, 0.1) is 17.9 Å². The highest BCUT2D eigenvalue weighted by atomic mass is 32.2. The highest BCUT2D eigenvalue weighted by Crippen LogP contribution is 2.28. The molecule has 11 nitrogen and oxygen atoms in total. The molecule has 0 aliphatic carbocycles. The lowest BCUT2D eigenvalue weighted by Crippen LogP contribution is -2.50. The lowest BCUT2D eigenvalue weighted by Gasteiger charge is -2.33. The minimum absolute atomic E-state index is 0.295. The van der Waals surface area contributed by atoms with Gasteiger partial charge in [-0.2, -0.15) is 17.8 Å². The molecule has 42 heavy (non-hydrogen) atoms. The number of rotatable bonds is 16. The monoisotopic (exact) mass is 605 g/mol. The largest absolute Gasteiger partial charge is 0.493 e. The van der Waals surface area contributed by atoms with Gasteiger partial charge in [-0.3, -0.25) is 14.5 Å². The second kappa shape index (κ2) is 16.1. The first-order valence-corrected chi connectivity index (χ1v) is 17.0. The van der Waals surface area contributed by atoms with E-state index in [0.717, 1.165) is 25.8 Å². The first-order valence-electron chi connectivity index (χ1n) is 15.5. The van der Waals surface area contributed by atoms with E-state index in [1.54, 1.807) is 30.1 Å². The molecular weight excluding hydrogens is 554 g/mol. The number of ether oxygens (including phenoxy) is 1. The molecule has 1 unspecified atom stereocenters. The predicted molar refractivity (Wildman–Crippen MR) is 169 cm³/mol. The minimum Gasteiger partial charge on any atom is -0.493 e. The zero-order chi connectivity index (χ0) is 30.7. The number of amides is 1. The van der Waals surface area contributed by atoms with Gasteiger partial charge in [0.15, 0.2) is 5.84 Å². The van der Waals surface area contributed by atoms with Crippen LogP contribution in [0.15, 0.2) is 34.7 Å². The number of piperazine rings is 1. The zero-order valence-electron chi connectivity index (χ0n) is 26.1. The van der Waals surface area contributed by atoms with Crippen molar-refractivity contribution < 1.29 is 17.9 Å². The topological polar surface area (TPSA) is 133 Å². The second-order valence-electron chi connectivity index (χ2n) is 11.1. The molecule has 1 aromatic rings. The van der Waals surface area contributed by atoms with Gasteiger partial charge in [0, 0.05) is 38.4 Å². The molecule has 1 fully saturated rings. The van der Waals surface area contributed by atoms with E-state index in [0.29, 0.717) is 79.5 Å². The van der Waals surface area contributed by atoms with Gasteiger partial charge in [-0.15, -0.1) is 0 Å². The Morgan fingerprint density at radius 2 is 1.81 bits per heavy atom. The maximum Gasteiger partial charge on any atom is 0.301 e. The molecule has 2 heterocycles. The zero-order valence-corrected chi connectivity index (χ0v) is 26.9. The van der Waals surface area contributed by atoms with Crippen molar-refractivity contribution in [2.24, 2.45) is 16.8 Å². The minimum atomic E-state index is -3.76. The summed E-state index contributed by atoms with van der Waals surface area (Å²) in [6.07, 6.45) is 8.05. The summed E-state index contributed by atoms with van der Waals surface area (Å²) in [4.78, 5) is 15.6. The van der Waals surface area contributed by atoms with Crippen LogP contribution in [0.1, 0.15) is 85.1 Å². The number of unbranched alkanes of at least 4 members (excludes halogenated alkanes) is 4. The van der Waals surface area contributed by atoms with Crippen LogP contribution in [0.5, 0.6) is 5.75 Å². The summed E-state index contributed by atoms with van der Waals surface area (Å²) in [5.74, 6) is 0.786. The number of hydrogen-bond donors (Lipinski definition) is 3. The maximum absolute atomic E-state index is 13.3. The molecule has 0 spiro atoms. The van der Waals surface area contributed by atoms with Gasteiger partial charge in [-0.1, -0.05) is 59.3 Å². The SMILES string of the molecule is CCCCCCCC(CC)CN1N=C(c2cc(NS(=O)(=O)N3CCN(CC)CC3)ccc2OCC)NC(=O)/C1=C(\C)N. The first kappa shape index (κ1) is 33.7. The third-order valence-electron chi connectivity index (χ3n) is 7.92. The van der Waals surface area contributed by atoms with Crippen molar-refractivity contribution in [2.75, 3.05) is 50.6 Å². The Balaban J connectivity index is 1.88. The predicted octanol–water partition coefficient (Wildman–Crippen LogP) is 4.05. The summed E-state index contributed by atoms with van der Waals surface area (Å²) in [6.45, 7) is 14.1. The Bertz CT molecular complexity index is 1210. The van der Waals surface area contributed by atoms with Crippen LogP contribution in [0.25, 0.3) is 0 Å². The number of carbonyl (C=O) groups excluding carboxylic acids is 1. The van der Waals surface area contributed by atoms with E-state index in [1.807, 2.05) is 6.92 Å². The average molecular weight is 606 g/mol. The van der Waals surface area contributed by atoms with Gasteiger partial charge >= 0.3 is 10.2 Å². The van der Waals surface area contributed by atoms with Gasteiger partial charge in [-0.25, -0.2) is 0 Å². The van der Waals surface area contributed by atoms with Crippen molar-refractivity contribution in [3.8, 4) is 5.75 Å². The Morgan fingerprint density at radius 1 is 1.10 bits per heavy atom. The lowest BCUT2D eigenvalue weighted by atomic mass is 9.97. The van der Waals surface area contributed by atoms with Crippen molar-refractivity contribution in [2.45, 2.75) is 79.6 Å². The van der Waals surface area contributed by atoms with Crippen LogP contribution >= 0.6 is 0 Å². The molecule has 1 atom stereocenters. The molecule has 1 aromatic carbocycles. The molecule has 0 radical (unpaired) electrons. The summed E-state index contributed by atoms with van der Waals surface area (Å²) in [5.41, 5.74) is 7.75. The van der Waals surface area contributed by atoms with Crippen LogP contribution in [0.3, 0.4) is 0 Å². The van der Waals surface area contributed by atoms with Crippen molar-refractivity contribution in [3.05, 3.63) is 35.2 Å². The second-order valence-corrected chi connectivity index (χ2v) is 12.7.